The zero-order valence-electron chi connectivity index (χ0n) is 9.89. The summed E-state index contributed by atoms with van der Waals surface area (Å²) < 4.78 is 24.8. The van der Waals surface area contributed by atoms with Gasteiger partial charge in [-0.05, 0) is 6.07 Å². The van der Waals surface area contributed by atoms with E-state index >= 15 is 0 Å². The van der Waals surface area contributed by atoms with E-state index in [1.165, 1.54) is 0 Å². The van der Waals surface area contributed by atoms with Crippen LogP contribution in [0.15, 0.2) is 23.1 Å². The second kappa shape index (κ2) is 5.00. The minimum absolute atomic E-state index is 0.155. The Kier molecular flexibility index (Phi) is 3.67. The predicted octanol–water partition coefficient (Wildman–Crippen LogP) is 0.339. The number of aliphatic hydroxyl groups excluding tert-OH is 1. The Labute approximate surface area is 118 Å². The number of alkyl halides is 1. The minimum atomic E-state index is -4.20. The molecule has 8 nitrogen and oxygen atoms in total. The Hall–Kier alpha value is -1.71. The van der Waals surface area contributed by atoms with Gasteiger partial charge in [-0.1, -0.05) is 0 Å². The van der Waals surface area contributed by atoms with Gasteiger partial charge >= 0.3 is 0 Å². The number of halogens is 1. The molecule has 0 radical (unpaired) electrons. The summed E-state index contributed by atoms with van der Waals surface area (Å²) >= 11 is 5.38. The Bertz CT molecular complexity index is 689. The van der Waals surface area contributed by atoms with Crippen LogP contribution >= 0.6 is 11.6 Å². The molecule has 0 bridgehead atoms. The van der Waals surface area contributed by atoms with E-state index in [0.29, 0.717) is 4.31 Å². The lowest BCUT2D eigenvalue weighted by Crippen LogP contribution is -2.37. The summed E-state index contributed by atoms with van der Waals surface area (Å²) in [5.74, 6) is -1.07. The highest BCUT2D eigenvalue weighted by Crippen LogP contribution is 2.33. The third-order valence-corrected chi connectivity index (χ3v) is 4.90. The predicted molar refractivity (Wildman–Crippen MR) is 68.0 cm³/mol. The largest absolute Gasteiger partial charge is 0.390 e. The molecule has 2 rings (SSSR count). The molecule has 1 heterocycles. The lowest BCUT2D eigenvalue weighted by atomic mass is 10.2. The molecule has 0 aliphatic carbocycles. The van der Waals surface area contributed by atoms with Crippen LogP contribution in [0.2, 0.25) is 0 Å². The van der Waals surface area contributed by atoms with Gasteiger partial charge in [0.2, 0.25) is 0 Å². The quantitative estimate of drug-likeness (QED) is 0.485. The monoisotopic (exact) mass is 320 g/mol. The van der Waals surface area contributed by atoms with Crippen molar-refractivity contribution in [1.29, 1.82) is 0 Å². The average molecular weight is 321 g/mol. The summed E-state index contributed by atoms with van der Waals surface area (Å²) in [5, 5.41) is 20.0. The normalized spacial score (nSPS) is 17.9. The summed E-state index contributed by atoms with van der Waals surface area (Å²) in [6, 6.07) is 2.96. The highest BCUT2D eigenvalue weighted by Gasteiger charge is 2.42. The van der Waals surface area contributed by atoms with Crippen LogP contribution in [-0.4, -0.2) is 47.2 Å². The molecule has 0 aromatic heterocycles. The average Bonchev–Trinajstić information content (AvgIpc) is 2.59. The standard InChI is InChI=1S/C10H9ClN2O6S/c11-4-7(14)5-12-10(15)8-2-1-6(13(16)17)3-9(8)20(12,18)19/h1-3,7,14H,4-5H2. The van der Waals surface area contributed by atoms with Gasteiger partial charge in [0.25, 0.3) is 21.6 Å². The Morgan fingerprint density at radius 3 is 2.65 bits per heavy atom. The zero-order valence-corrected chi connectivity index (χ0v) is 11.5. The van der Waals surface area contributed by atoms with Crippen molar-refractivity contribution in [3.63, 3.8) is 0 Å². The van der Waals surface area contributed by atoms with Crippen molar-refractivity contribution in [3.8, 4) is 0 Å². The van der Waals surface area contributed by atoms with E-state index in [1.807, 2.05) is 0 Å². The zero-order chi connectivity index (χ0) is 15.1. The van der Waals surface area contributed by atoms with Crippen LogP contribution in [0.1, 0.15) is 10.4 Å². The molecule has 10 heteroatoms. The van der Waals surface area contributed by atoms with E-state index in [4.69, 9.17) is 11.6 Å². The highest BCUT2D eigenvalue weighted by atomic mass is 35.5. The van der Waals surface area contributed by atoms with Crippen LogP contribution < -0.4 is 0 Å². The van der Waals surface area contributed by atoms with Crippen LogP contribution in [0, 0.1) is 10.1 Å². The Balaban J connectivity index is 2.51. The number of aliphatic hydroxyl groups is 1. The van der Waals surface area contributed by atoms with Crippen molar-refractivity contribution in [1.82, 2.24) is 4.31 Å². The molecule has 20 heavy (non-hydrogen) atoms. The summed E-state index contributed by atoms with van der Waals surface area (Å²) in [6.07, 6.45) is -1.21. The van der Waals surface area contributed by atoms with Crippen molar-refractivity contribution in [2.45, 2.75) is 11.0 Å². The van der Waals surface area contributed by atoms with E-state index < -0.39 is 44.1 Å². The SMILES string of the molecule is O=C1c2ccc([N+](=O)[O-])cc2S(=O)(=O)N1CC(O)CCl. The smallest absolute Gasteiger partial charge is 0.270 e. The maximum absolute atomic E-state index is 12.1. The molecular weight excluding hydrogens is 312 g/mol. The van der Waals surface area contributed by atoms with E-state index in [1.54, 1.807) is 0 Å². The number of non-ortho nitro benzene ring substituents is 1. The van der Waals surface area contributed by atoms with Gasteiger partial charge in [0.15, 0.2) is 0 Å². The van der Waals surface area contributed by atoms with E-state index in [9.17, 15) is 28.4 Å². The van der Waals surface area contributed by atoms with Crippen molar-refractivity contribution in [2.24, 2.45) is 0 Å². The number of amides is 1. The number of carbonyl (C=O) groups is 1. The third kappa shape index (κ3) is 2.23. The molecule has 1 atom stereocenters. The van der Waals surface area contributed by atoms with E-state index in [-0.39, 0.29) is 11.4 Å². The van der Waals surface area contributed by atoms with E-state index in [2.05, 4.69) is 0 Å². The first-order valence-corrected chi connectivity index (χ1v) is 7.36. The fourth-order valence-electron chi connectivity index (χ4n) is 1.80. The van der Waals surface area contributed by atoms with Crippen molar-refractivity contribution in [3.05, 3.63) is 33.9 Å². The van der Waals surface area contributed by atoms with Gasteiger partial charge in [-0.15, -0.1) is 11.6 Å². The number of rotatable bonds is 4. The highest BCUT2D eigenvalue weighted by molar-refractivity contribution is 7.90. The van der Waals surface area contributed by atoms with Gasteiger partial charge in [0.05, 0.1) is 29.0 Å². The molecule has 1 aromatic rings. The molecule has 0 fully saturated rings. The van der Waals surface area contributed by atoms with Crippen LogP contribution in [0.3, 0.4) is 0 Å². The van der Waals surface area contributed by atoms with Gasteiger partial charge in [-0.2, -0.15) is 0 Å². The Morgan fingerprint density at radius 1 is 1.45 bits per heavy atom. The molecule has 1 N–H and O–H groups in total. The summed E-state index contributed by atoms with van der Waals surface area (Å²) in [7, 11) is -4.20. The maximum Gasteiger partial charge on any atom is 0.270 e. The molecule has 1 aliphatic rings. The number of nitro benzene ring substituents is 1. The summed E-state index contributed by atoms with van der Waals surface area (Å²) in [6.45, 7) is -0.493. The topological polar surface area (TPSA) is 118 Å². The first-order valence-electron chi connectivity index (χ1n) is 5.38. The molecule has 0 saturated carbocycles. The summed E-state index contributed by atoms with van der Waals surface area (Å²) in [4.78, 5) is 21.4. The number of carbonyl (C=O) groups excluding carboxylic acids is 1. The maximum atomic E-state index is 12.1. The fourth-order valence-corrected chi connectivity index (χ4v) is 3.52. The molecule has 1 unspecified atom stereocenters. The fraction of sp³-hybridized carbons (Fsp3) is 0.300. The van der Waals surface area contributed by atoms with Crippen LogP contribution in [0.25, 0.3) is 0 Å². The number of nitro groups is 1. The second-order valence-corrected chi connectivity index (χ2v) is 6.23. The number of nitrogens with zero attached hydrogens (tertiary/aromatic N) is 2. The third-order valence-electron chi connectivity index (χ3n) is 2.76. The molecule has 1 aliphatic heterocycles. The minimum Gasteiger partial charge on any atom is -0.390 e. The van der Waals surface area contributed by atoms with Crippen molar-refractivity contribution < 1.29 is 23.2 Å². The number of sulfonamides is 1. The lowest BCUT2D eigenvalue weighted by molar-refractivity contribution is -0.385. The molecule has 1 amide bonds. The first-order chi connectivity index (χ1) is 9.28. The Morgan fingerprint density at radius 2 is 2.10 bits per heavy atom. The van der Waals surface area contributed by atoms with Gasteiger partial charge in [0.1, 0.15) is 4.90 Å². The molecule has 0 spiro atoms. The van der Waals surface area contributed by atoms with Crippen molar-refractivity contribution >= 4 is 33.2 Å². The second-order valence-electron chi connectivity index (χ2n) is 4.09. The van der Waals surface area contributed by atoms with Gasteiger partial charge in [-0.25, -0.2) is 12.7 Å². The first kappa shape index (κ1) is 14.7. The van der Waals surface area contributed by atoms with Gasteiger partial charge in [0, 0.05) is 12.1 Å². The number of hydrogen-bond donors (Lipinski definition) is 1. The molecule has 108 valence electrons. The van der Waals surface area contributed by atoms with Crippen LogP contribution in [0.5, 0.6) is 0 Å². The van der Waals surface area contributed by atoms with E-state index in [0.717, 1.165) is 18.2 Å². The number of β-amino-alcohol motifs (C(OH)–C–C–N with tert-alkyl or cyclic N) is 1. The molecule has 0 saturated heterocycles. The lowest BCUT2D eigenvalue weighted by Gasteiger charge is -2.17. The van der Waals surface area contributed by atoms with Crippen LogP contribution in [0.4, 0.5) is 5.69 Å². The number of benzene rings is 1. The number of hydrogen-bond acceptors (Lipinski definition) is 6. The van der Waals surface area contributed by atoms with Gasteiger partial charge in [-0.3, -0.25) is 14.9 Å². The van der Waals surface area contributed by atoms with Crippen molar-refractivity contribution in [2.75, 3.05) is 12.4 Å². The molecule has 1 aromatic carbocycles. The summed E-state index contributed by atoms with van der Waals surface area (Å²) in [5.41, 5.74) is -0.586. The van der Waals surface area contributed by atoms with Crippen LogP contribution in [-0.2, 0) is 10.0 Å². The van der Waals surface area contributed by atoms with Gasteiger partial charge < -0.3 is 5.11 Å². The molecular formula is C10H9ClN2O6S. The number of fused-ring (bicyclic) bond motifs is 1.